The monoisotopic (exact) mass is 433 g/mol. The van der Waals surface area contributed by atoms with E-state index in [1.165, 1.54) is 11.3 Å². The number of aryl methyl sites for hydroxylation is 2. The molecule has 2 aromatic carbocycles. The third-order valence-corrected chi connectivity index (χ3v) is 6.22. The molecule has 0 saturated heterocycles. The predicted octanol–water partition coefficient (Wildman–Crippen LogP) is 5.43. The molecule has 0 fully saturated rings. The number of aromatic nitrogens is 1. The molecule has 158 valence electrons. The van der Waals surface area contributed by atoms with Crippen molar-refractivity contribution in [2.45, 2.75) is 13.8 Å². The van der Waals surface area contributed by atoms with E-state index < -0.39 is 0 Å². The van der Waals surface area contributed by atoms with Crippen LogP contribution in [0.1, 0.15) is 20.8 Å². The summed E-state index contributed by atoms with van der Waals surface area (Å²) in [5.41, 5.74) is 11.3. The summed E-state index contributed by atoms with van der Waals surface area (Å²) in [6.07, 6.45) is 0. The minimum Gasteiger partial charge on any atom is -0.493 e. The topological polar surface area (TPSA) is 86.5 Å². The first-order chi connectivity index (χ1) is 14.9. The van der Waals surface area contributed by atoms with Gasteiger partial charge in [0.25, 0.3) is 5.91 Å². The first-order valence-corrected chi connectivity index (χ1v) is 10.5. The molecule has 0 unspecified atom stereocenters. The second-order valence-electron chi connectivity index (χ2n) is 7.24. The molecule has 7 heteroatoms. The number of benzene rings is 2. The molecule has 3 N–H and O–H groups in total. The van der Waals surface area contributed by atoms with E-state index in [9.17, 15) is 4.79 Å². The van der Waals surface area contributed by atoms with Crippen LogP contribution in [0, 0.1) is 13.8 Å². The van der Waals surface area contributed by atoms with Crippen LogP contribution < -0.4 is 20.5 Å². The van der Waals surface area contributed by atoms with Crippen molar-refractivity contribution in [1.29, 1.82) is 0 Å². The van der Waals surface area contributed by atoms with Gasteiger partial charge in [-0.05, 0) is 55.8 Å². The quantitative estimate of drug-likeness (QED) is 0.438. The Hall–Kier alpha value is -3.58. The number of carbonyl (C=O) groups excluding carboxylic acids is 1. The Balaban J connectivity index is 1.68. The zero-order valence-electron chi connectivity index (χ0n) is 17.8. The fraction of sp³-hybridized carbons (Fsp3) is 0.167. The number of pyridine rings is 1. The van der Waals surface area contributed by atoms with Crippen molar-refractivity contribution in [3.63, 3.8) is 0 Å². The fourth-order valence-electron chi connectivity index (χ4n) is 3.46. The Kier molecular flexibility index (Phi) is 5.52. The summed E-state index contributed by atoms with van der Waals surface area (Å²) in [6, 6.07) is 15.3. The molecule has 31 heavy (non-hydrogen) atoms. The largest absolute Gasteiger partial charge is 0.493 e. The fourth-order valence-corrected chi connectivity index (χ4v) is 4.44. The van der Waals surface area contributed by atoms with Crippen LogP contribution in [0.3, 0.4) is 0 Å². The summed E-state index contributed by atoms with van der Waals surface area (Å²) < 4.78 is 10.7. The first-order valence-electron chi connectivity index (χ1n) is 9.71. The Morgan fingerprint density at radius 3 is 2.48 bits per heavy atom. The van der Waals surface area contributed by atoms with E-state index in [1.807, 2.05) is 62.4 Å². The number of nitrogen functional groups attached to an aromatic ring is 1. The van der Waals surface area contributed by atoms with Gasteiger partial charge in [-0.15, -0.1) is 11.3 Å². The maximum absolute atomic E-state index is 12.9. The average Bonchev–Trinajstić information content (AvgIpc) is 3.11. The molecular formula is C24H23N3O3S. The van der Waals surface area contributed by atoms with Crippen molar-refractivity contribution in [3.05, 3.63) is 64.5 Å². The molecule has 1 amide bonds. The van der Waals surface area contributed by atoms with E-state index in [0.717, 1.165) is 33.5 Å². The average molecular weight is 434 g/mol. The molecule has 4 rings (SSSR count). The van der Waals surface area contributed by atoms with E-state index in [0.29, 0.717) is 26.9 Å². The van der Waals surface area contributed by atoms with E-state index in [-0.39, 0.29) is 5.91 Å². The number of ether oxygens (including phenoxy) is 2. The lowest BCUT2D eigenvalue weighted by Crippen LogP contribution is -2.12. The SMILES string of the molecule is COc1ccc(-c2ccc3c(N)c(C(=O)Nc4ccc(C)cc4C)sc3n2)cc1OC. The van der Waals surface area contributed by atoms with Crippen molar-refractivity contribution >= 4 is 38.8 Å². The van der Waals surface area contributed by atoms with Crippen molar-refractivity contribution in [2.75, 3.05) is 25.3 Å². The highest BCUT2D eigenvalue weighted by Gasteiger charge is 2.19. The summed E-state index contributed by atoms with van der Waals surface area (Å²) in [5, 5.41) is 3.73. The van der Waals surface area contributed by atoms with Crippen LogP contribution in [0.25, 0.3) is 21.5 Å². The van der Waals surface area contributed by atoms with Gasteiger partial charge in [0.15, 0.2) is 11.5 Å². The molecule has 0 spiro atoms. The highest BCUT2D eigenvalue weighted by atomic mass is 32.1. The van der Waals surface area contributed by atoms with E-state index in [1.54, 1.807) is 14.2 Å². The molecule has 6 nitrogen and oxygen atoms in total. The smallest absolute Gasteiger partial charge is 0.267 e. The number of hydrogen-bond acceptors (Lipinski definition) is 6. The molecule has 0 atom stereocenters. The maximum Gasteiger partial charge on any atom is 0.267 e. The van der Waals surface area contributed by atoms with Gasteiger partial charge in [-0.25, -0.2) is 4.98 Å². The van der Waals surface area contributed by atoms with Crippen LogP contribution in [0.4, 0.5) is 11.4 Å². The molecule has 2 aromatic heterocycles. The lowest BCUT2D eigenvalue weighted by Gasteiger charge is -2.09. The zero-order valence-corrected chi connectivity index (χ0v) is 18.6. The lowest BCUT2D eigenvalue weighted by atomic mass is 10.1. The number of rotatable bonds is 5. The molecule has 0 bridgehead atoms. The number of carbonyl (C=O) groups is 1. The first kappa shape index (κ1) is 20.7. The maximum atomic E-state index is 12.9. The van der Waals surface area contributed by atoms with Gasteiger partial charge >= 0.3 is 0 Å². The van der Waals surface area contributed by atoms with Gasteiger partial charge in [0.1, 0.15) is 9.71 Å². The Labute approximate surface area is 184 Å². The lowest BCUT2D eigenvalue weighted by molar-refractivity contribution is 0.103. The van der Waals surface area contributed by atoms with Crippen LogP contribution in [-0.2, 0) is 0 Å². The molecule has 0 aliphatic heterocycles. The number of anilines is 2. The molecule has 0 aliphatic carbocycles. The van der Waals surface area contributed by atoms with E-state index in [2.05, 4.69) is 5.32 Å². The number of hydrogen-bond donors (Lipinski definition) is 2. The number of fused-ring (bicyclic) bond motifs is 1. The number of nitrogens with zero attached hydrogens (tertiary/aromatic N) is 1. The molecule has 4 aromatic rings. The van der Waals surface area contributed by atoms with Crippen molar-refractivity contribution in [2.24, 2.45) is 0 Å². The minimum absolute atomic E-state index is 0.236. The second kappa shape index (κ2) is 8.28. The van der Waals surface area contributed by atoms with Crippen LogP contribution >= 0.6 is 11.3 Å². The molecule has 0 aliphatic rings. The van der Waals surface area contributed by atoms with Crippen LogP contribution in [-0.4, -0.2) is 25.1 Å². The van der Waals surface area contributed by atoms with Gasteiger partial charge < -0.3 is 20.5 Å². The van der Waals surface area contributed by atoms with Crippen LogP contribution in [0.15, 0.2) is 48.5 Å². The summed E-state index contributed by atoms with van der Waals surface area (Å²) in [4.78, 5) is 18.8. The van der Waals surface area contributed by atoms with Crippen molar-refractivity contribution in [1.82, 2.24) is 4.98 Å². The zero-order chi connectivity index (χ0) is 22.1. The Morgan fingerprint density at radius 1 is 1.00 bits per heavy atom. The van der Waals surface area contributed by atoms with Crippen molar-refractivity contribution < 1.29 is 14.3 Å². The number of methoxy groups -OCH3 is 2. The second-order valence-corrected chi connectivity index (χ2v) is 8.24. The summed E-state index contributed by atoms with van der Waals surface area (Å²) in [6.45, 7) is 3.98. The summed E-state index contributed by atoms with van der Waals surface area (Å²) in [7, 11) is 3.19. The van der Waals surface area contributed by atoms with Gasteiger partial charge in [0.2, 0.25) is 0 Å². The van der Waals surface area contributed by atoms with Crippen LogP contribution in [0.5, 0.6) is 11.5 Å². The molecular weight excluding hydrogens is 410 g/mol. The minimum atomic E-state index is -0.236. The van der Waals surface area contributed by atoms with Gasteiger partial charge in [0.05, 0.1) is 25.6 Å². The van der Waals surface area contributed by atoms with E-state index >= 15 is 0 Å². The van der Waals surface area contributed by atoms with Crippen molar-refractivity contribution in [3.8, 4) is 22.8 Å². The molecule has 0 saturated carbocycles. The van der Waals surface area contributed by atoms with Gasteiger partial charge in [-0.2, -0.15) is 0 Å². The predicted molar refractivity (Wildman–Crippen MR) is 126 cm³/mol. The molecule has 0 radical (unpaired) electrons. The normalized spacial score (nSPS) is 10.8. The number of thiophene rings is 1. The summed E-state index contributed by atoms with van der Waals surface area (Å²) >= 11 is 1.28. The highest BCUT2D eigenvalue weighted by Crippen LogP contribution is 2.36. The number of nitrogens with two attached hydrogens (primary N) is 1. The van der Waals surface area contributed by atoms with Gasteiger partial charge in [-0.3, -0.25) is 4.79 Å². The molecule has 2 heterocycles. The number of amides is 1. The Morgan fingerprint density at radius 2 is 1.77 bits per heavy atom. The van der Waals surface area contributed by atoms with Gasteiger partial charge in [-0.1, -0.05) is 17.7 Å². The third kappa shape index (κ3) is 3.92. The Bertz CT molecular complexity index is 1300. The highest BCUT2D eigenvalue weighted by molar-refractivity contribution is 7.21. The number of nitrogens with one attached hydrogen (secondary N) is 1. The third-order valence-electron chi connectivity index (χ3n) is 5.11. The van der Waals surface area contributed by atoms with Gasteiger partial charge in [0, 0.05) is 16.6 Å². The standard InChI is InChI=1S/C24H23N3O3S/c1-13-5-8-17(14(2)11-13)26-23(28)22-21(25)16-7-9-18(27-24(16)31-22)15-6-10-19(29-3)20(12-15)30-4/h5-12H,25H2,1-4H3,(H,26,28). The van der Waals surface area contributed by atoms with Crippen LogP contribution in [0.2, 0.25) is 0 Å². The summed E-state index contributed by atoms with van der Waals surface area (Å²) in [5.74, 6) is 1.04. The van der Waals surface area contributed by atoms with E-state index in [4.69, 9.17) is 20.2 Å².